The molecule has 3 fully saturated rings. The van der Waals surface area contributed by atoms with Gasteiger partial charge in [0.1, 0.15) is 6.67 Å². The number of piperazine rings is 1. The molecule has 0 amide bonds. The van der Waals surface area contributed by atoms with Crippen LogP contribution in [0.25, 0.3) is 0 Å². The monoisotopic (exact) mass is 307 g/mol. The van der Waals surface area contributed by atoms with E-state index >= 15 is 0 Å². The highest BCUT2D eigenvalue weighted by molar-refractivity contribution is 4.82. The van der Waals surface area contributed by atoms with Crippen LogP contribution in [0.5, 0.6) is 0 Å². The van der Waals surface area contributed by atoms with Crippen LogP contribution in [0.15, 0.2) is 0 Å². The number of likely N-dealkylation sites (tertiary alicyclic amines) is 1. The Morgan fingerprint density at radius 3 is 2.00 bits per heavy atom. The molecule has 126 valence electrons. The fourth-order valence-electron chi connectivity index (χ4n) is 3.69. The summed E-state index contributed by atoms with van der Waals surface area (Å²) < 4.78 is 0. The molecule has 3 heterocycles. The Morgan fingerprint density at radius 1 is 0.636 bits per heavy atom. The molecular weight excluding hydrogens is 274 g/mol. The van der Waals surface area contributed by atoms with E-state index in [4.69, 9.17) is 0 Å². The molecule has 22 heavy (non-hydrogen) atoms. The van der Waals surface area contributed by atoms with Crippen molar-refractivity contribution in [1.29, 1.82) is 0 Å². The molecular formula is C17H33N5. The standard InChI is InChI=1S/C17H33N5/c1-18-9-11-20(12-10-18)7-4-8-21-15-16-22(17-21)14-13-19-5-2-3-6-19/h2-16H2,1H3. The van der Waals surface area contributed by atoms with Gasteiger partial charge in [-0.25, -0.2) is 0 Å². The van der Waals surface area contributed by atoms with Crippen LogP contribution in [0.3, 0.4) is 0 Å². The van der Waals surface area contributed by atoms with Gasteiger partial charge in [0.05, 0.1) is 0 Å². The van der Waals surface area contributed by atoms with Crippen molar-refractivity contribution in [2.24, 2.45) is 0 Å². The summed E-state index contributed by atoms with van der Waals surface area (Å²) in [4.78, 5) is 12.4. The lowest BCUT2D eigenvalue weighted by Crippen LogP contribution is -2.45. The van der Waals surface area contributed by atoms with Crippen molar-refractivity contribution in [3.8, 4) is 0 Å². The third kappa shape index (κ3) is 5.17. The summed E-state index contributed by atoms with van der Waals surface area (Å²) in [5.41, 5.74) is 0. The Morgan fingerprint density at radius 2 is 1.27 bits per heavy atom. The van der Waals surface area contributed by atoms with Gasteiger partial charge in [-0.1, -0.05) is 0 Å². The van der Waals surface area contributed by atoms with E-state index in [1.165, 1.54) is 91.3 Å². The third-order valence-electron chi connectivity index (χ3n) is 5.31. The zero-order valence-corrected chi connectivity index (χ0v) is 14.3. The average molecular weight is 307 g/mol. The van der Waals surface area contributed by atoms with Gasteiger partial charge in [0.25, 0.3) is 0 Å². The second kappa shape index (κ2) is 8.60. The van der Waals surface area contributed by atoms with E-state index in [1.807, 2.05) is 0 Å². The smallest absolute Gasteiger partial charge is 0.146 e. The molecule has 5 heteroatoms. The lowest BCUT2D eigenvalue weighted by atomic mass is 10.3. The zero-order chi connectivity index (χ0) is 15.2. The van der Waals surface area contributed by atoms with E-state index in [9.17, 15) is 0 Å². The van der Waals surface area contributed by atoms with Gasteiger partial charge in [0.2, 0.25) is 0 Å². The van der Waals surface area contributed by atoms with Crippen LogP contribution in [-0.4, -0.2) is 110 Å². The maximum absolute atomic E-state index is 3.57. The molecule has 0 atom stereocenters. The predicted octanol–water partition coefficient (Wildman–Crippen LogP) is 0.334. The lowest BCUT2D eigenvalue weighted by molar-refractivity contribution is 0.148. The second-order valence-corrected chi connectivity index (χ2v) is 7.12. The maximum Gasteiger partial charge on any atom is 0.146 e. The molecule has 3 rings (SSSR count). The topological polar surface area (TPSA) is 16.2 Å². The van der Waals surface area contributed by atoms with Crippen molar-refractivity contribution < 1.29 is 0 Å². The van der Waals surface area contributed by atoms with Crippen LogP contribution in [0.2, 0.25) is 0 Å². The minimum absolute atomic E-state index is 1.16. The zero-order valence-electron chi connectivity index (χ0n) is 14.3. The Labute approximate surface area is 136 Å². The quantitative estimate of drug-likeness (QED) is 0.672. The second-order valence-electron chi connectivity index (χ2n) is 7.12. The van der Waals surface area contributed by atoms with Crippen molar-refractivity contribution in [1.82, 2.24) is 24.5 Å². The minimum Gasteiger partial charge on any atom is -0.304 e. The van der Waals surface area contributed by atoms with Crippen molar-refractivity contribution >= 4 is 0 Å². The summed E-state index contributed by atoms with van der Waals surface area (Å²) in [7, 11) is 2.22. The van der Waals surface area contributed by atoms with Crippen molar-refractivity contribution in [3.63, 3.8) is 0 Å². The number of likely N-dealkylation sites (N-methyl/N-ethyl adjacent to an activating group) is 1. The first-order valence-electron chi connectivity index (χ1n) is 9.19. The van der Waals surface area contributed by atoms with Gasteiger partial charge in [0, 0.05) is 58.9 Å². The van der Waals surface area contributed by atoms with Gasteiger partial charge in [-0.3, -0.25) is 9.80 Å². The van der Waals surface area contributed by atoms with Gasteiger partial charge in [-0.05, 0) is 45.9 Å². The van der Waals surface area contributed by atoms with E-state index in [0.29, 0.717) is 0 Å². The predicted molar refractivity (Wildman–Crippen MR) is 90.6 cm³/mol. The van der Waals surface area contributed by atoms with Gasteiger partial charge in [-0.2, -0.15) is 0 Å². The van der Waals surface area contributed by atoms with Crippen LogP contribution in [0, 0.1) is 6.67 Å². The summed E-state index contributed by atoms with van der Waals surface area (Å²) in [5.74, 6) is 0. The van der Waals surface area contributed by atoms with Crippen molar-refractivity contribution in [2.45, 2.75) is 19.3 Å². The summed E-state index contributed by atoms with van der Waals surface area (Å²) in [6, 6.07) is 0. The normalized spacial score (nSPS) is 27.1. The van der Waals surface area contributed by atoms with Crippen LogP contribution in [0.4, 0.5) is 0 Å². The van der Waals surface area contributed by atoms with Gasteiger partial charge in [0.15, 0.2) is 0 Å². The van der Waals surface area contributed by atoms with Crippen LogP contribution < -0.4 is 0 Å². The summed E-state index contributed by atoms with van der Waals surface area (Å²) in [6.45, 7) is 18.3. The lowest BCUT2D eigenvalue weighted by Gasteiger charge is -2.32. The highest BCUT2D eigenvalue weighted by Gasteiger charge is 2.22. The Bertz CT molecular complexity index is 310. The molecule has 0 N–H and O–H groups in total. The third-order valence-corrected chi connectivity index (χ3v) is 5.31. The molecule has 0 aromatic carbocycles. The molecule has 0 aromatic rings. The Hall–Kier alpha value is -0.200. The molecule has 5 nitrogen and oxygen atoms in total. The largest absolute Gasteiger partial charge is 0.304 e. The van der Waals surface area contributed by atoms with E-state index in [0.717, 1.165) is 6.54 Å². The van der Waals surface area contributed by atoms with Crippen molar-refractivity contribution in [3.05, 3.63) is 6.67 Å². The summed E-state index contributed by atoms with van der Waals surface area (Å²) in [5, 5.41) is 0. The average Bonchev–Trinajstić information content (AvgIpc) is 3.19. The molecule has 2 radical (unpaired) electrons. The minimum atomic E-state index is 1.16. The first-order chi connectivity index (χ1) is 10.8. The van der Waals surface area contributed by atoms with Crippen LogP contribution in [-0.2, 0) is 0 Å². The number of hydrogen-bond acceptors (Lipinski definition) is 5. The molecule has 0 bridgehead atoms. The highest BCUT2D eigenvalue weighted by Crippen LogP contribution is 2.12. The van der Waals surface area contributed by atoms with Crippen LogP contribution in [0.1, 0.15) is 19.3 Å². The van der Waals surface area contributed by atoms with Gasteiger partial charge in [-0.15, -0.1) is 0 Å². The Balaban J connectivity index is 1.23. The molecule has 0 saturated carbocycles. The van der Waals surface area contributed by atoms with E-state index in [1.54, 1.807) is 0 Å². The van der Waals surface area contributed by atoms with E-state index < -0.39 is 0 Å². The maximum atomic E-state index is 3.57. The Kier molecular flexibility index (Phi) is 6.51. The van der Waals surface area contributed by atoms with Gasteiger partial charge >= 0.3 is 0 Å². The summed E-state index contributed by atoms with van der Waals surface area (Å²) in [6.07, 6.45) is 4.06. The van der Waals surface area contributed by atoms with E-state index in [2.05, 4.69) is 38.2 Å². The molecule has 0 aromatic heterocycles. The summed E-state index contributed by atoms with van der Waals surface area (Å²) >= 11 is 0. The van der Waals surface area contributed by atoms with Gasteiger partial charge < -0.3 is 14.7 Å². The van der Waals surface area contributed by atoms with E-state index in [-0.39, 0.29) is 0 Å². The molecule has 0 spiro atoms. The highest BCUT2D eigenvalue weighted by atomic mass is 15.4. The number of hydrogen-bond donors (Lipinski definition) is 0. The molecule has 0 aliphatic carbocycles. The SMILES string of the molecule is CN1CCN(CCCN2[C]N(CCN3CCCC3)CC2)CC1. The van der Waals surface area contributed by atoms with Crippen molar-refractivity contribution in [2.75, 3.05) is 85.6 Å². The first-order valence-corrected chi connectivity index (χ1v) is 9.19. The first kappa shape index (κ1) is 16.7. The fraction of sp³-hybridized carbons (Fsp3) is 0.941. The molecule has 0 unspecified atom stereocenters. The van der Waals surface area contributed by atoms with Crippen LogP contribution >= 0.6 is 0 Å². The molecule has 3 aliphatic heterocycles. The number of nitrogens with zero attached hydrogens (tertiary/aromatic N) is 5. The molecule has 3 aliphatic rings. The fourth-order valence-corrected chi connectivity index (χ4v) is 3.69. The number of rotatable bonds is 7. The molecule has 3 saturated heterocycles.